The molecule has 0 aliphatic heterocycles. The number of ether oxygens (including phenoxy) is 1. The zero-order valence-electron chi connectivity index (χ0n) is 12.5. The lowest BCUT2D eigenvalue weighted by molar-refractivity contribution is -0.126. The average molecular weight is 312 g/mol. The number of benzene rings is 2. The summed E-state index contributed by atoms with van der Waals surface area (Å²) in [7, 11) is 0. The van der Waals surface area contributed by atoms with E-state index in [1.54, 1.807) is 48.5 Å². The molecule has 0 heterocycles. The summed E-state index contributed by atoms with van der Waals surface area (Å²) in [6.45, 7) is 1.49. The van der Waals surface area contributed by atoms with E-state index < -0.39 is 18.0 Å². The van der Waals surface area contributed by atoms with Crippen molar-refractivity contribution in [2.75, 3.05) is 0 Å². The third kappa shape index (κ3) is 4.41. The Kier molecular flexibility index (Phi) is 5.09. The number of urea groups is 1. The van der Waals surface area contributed by atoms with Crippen LogP contribution in [0.1, 0.15) is 22.8 Å². The molecule has 1 atom stereocenters. The largest absolute Gasteiger partial charge is 0.481 e. The van der Waals surface area contributed by atoms with Crippen LogP contribution >= 0.6 is 0 Å². The number of carbonyl (C=O) groups is 3. The first kappa shape index (κ1) is 16.2. The molecule has 0 bridgehead atoms. The van der Waals surface area contributed by atoms with Gasteiger partial charge >= 0.3 is 6.03 Å². The Bertz CT molecular complexity index is 711. The summed E-state index contributed by atoms with van der Waals surface area (Å²) in [6.07, 6.45) is -0.891. The van der Waals surface area contributed by atoms with Gasteiger partial charge in [-0.15, -0.1) is 0 Å². The Labute approximate surface area is 133 Å². The molecule has 0 unspecified atom stereocenters. The molecule has 3 N–H and O–H groups in total. The Balaban J connectivity index is 2.04. The van der Waals surface area contributed by atoms with Crippen molar-refractivity contribution in [1.29, 1.82) is 0 Å². The molecule has 6 heteroatoms. The molecule has 0 aliphatic rings. The maximum Gasteiger partial charge on any atom is 0.318 e. The van der Waals surface area contributed by atoms with Crippen LogP contribution in [0.15, 0.2) is 54.6 Å². The van der Waals surface area contributed by atoms with Crippen LogP contribution in [-0.4, -0.2) is 23.8 Å². The standard InChI is InChI=1S/C17H16N2O4/c1-11(16(21)19-17(18)22)23-14-9-7-13(8-10-14)15(20)12-5-3-2-4-6-12/h2-11H,1H3,(H3,18,19,21,22)/t11-/m0/s1. The van der Waals surface area contributed by atoms with E-state index in [1.807, 2.05) is 11.4 Å². The number of amides is 3. The number of carbonyl (C=O) groups excluding carboxylic acids is 3. The highest BCUT2D eigenvalue weighted by atomic mass is 16.5. The molecule has 0 spiro atoms. The van der Waals surface area contributed by atoms with Crippen molar-refractivity contribution in [3.05, 3.63) is 65.7 Å². The van der Waals surface area contributed by atoms with E-state index in [-0.39, 0.29) is 5.78 Å². The first-order valence-corrected chi connectivity index (χ1v) is 6.94. The van der Waals surface area contributed by atoms with E-state index >= 15 is 0 Å². The van der Waals surface area contributed by atoms with Crippen molar-refractivity contribution >= 4 is 17.7 Å². The highest BCUT2D eigenvalue weighted by Crippen LogP contribution is 2.16. The number of nitrogens with one attached hydrogen (secondary N) is 1. The zero-order valence-corrected chi connectivity index (χ0v) is 12.5. The Morgan fingerprint density at radius 1 is 0.957 bits per heavy atom. The number of primary amides is 1. The van der Waals surface area contributed by atoms with Crippen LogP contribution in [0.25, 0.3) is 0 Å². The summed E-state index contributed by atoms with van der Waals surface area (Å²) in [4.78, 5) is 34.4. The van der Waals surface area contributed by atoms with Gasteiger partial charge in [0.05, 0.1) is 0 Å². The molecule has 2 aromatic rings. The fraction of sp³-hybridized carbons (Fsp3) is 0.118. The van der Waals surface area contributed by atoms with E-state index in [2.05, 4.69) is 0 Å². The number of hydrogen-bond donors (Lipinski definition) is 2. The van der Waals surface area contributed by atoms with Crippen molar-refractivity contribution in [2.24, 2.45) is 5.73 Å². The lowest BCUT2D eigenvalue weighted by Gasteiger charge is -2.13. The molecule has 0 saturated carbocycles. The Morgan fingerprint density at radius 2 is 1.52 bits per heavy atom. The number of hydrogen-bond acceptors (Lipinski definition) is 4. The van der Waals surface area contributed by atoms with Crippen LogP contribution in [-0.2, 0) is 4.79 Å². The highest BCUT2D eigenvalue weighted by Gasteiger charge is 2.16. The Hall–Kier alpha value is -3.15. The normalized spacial score (nSPS) is 11.3. The lowest BCUT2D eigenvalue weighted by Crippen LogP contribution is -2.42. The van der Waals surface area contributed by atoms with Gasteiger partial charge in [0, 0.05) is 11.1 Å². The van der Waals surface area contributed by atoms with E-state index in [0.29, 0.717) is 16.9 Å². The summed E-state index contributed by atoms with van der Waals surface area (Å²) in [5.74, 6) is -0.333. The molecular formula is C17H16N2O4. The predicted octanol–water partition coefficient (Wildman–Crippen LogP) is 1.88. The quantitative estimate of drug-likeness (QED) is 0.823. The minimum atomic E-state index is -0.936. The number of nitrogens with two attached hydrogens (primary N) is 1. The second kappa shape index (κ2) is 7.22. The van der Waals surface area contributed by atoms with Crippen molar-refractivity contribution < 1.29 is 19.1 Å². The molecule has 0 saturated heterocycles. The van der Waals surface area contributed by atoms with Gasteiger partial charge in [-0.2, -0.15) is 0 Å². The molecule has 118 valence electrons. The molecule has 6 nitrogen and oxygen atoms in total. The third-order valence-electron chi connectivity index (χ3n) is 3.08. The predicted molar refractivity (Wildman–Crippen MR) is 84.1 cm³/mol. The topological polar surface area (TPSA) is 98.5 Å². The molecule has 0 aliphatic carbocycles. The summed E-state index contributed by atoms with van der Waals surface area (Å²) < 4.78 is 5.39. The summed E-state index contributed by atoms with van der Waals surface area (Å²) >= 11 is 0. The maximum absolute atomic E-state index is 12.3. The van der Waals surface area contributed by atoms with Crippen LogP contribution in [0.4, 0.5) is 4.79 Å². The zero-order chi connectivity index (χ0) is 16.8. The molecule has 23 heavy (non-hydrogen) atoms. The highest BCUT2D eigenvalue weighted by molar-refractivity contribution is 6.09. The fourth-order valence-electron chi connectivity index (χ4n) is 1.92. The molecule has 0 radical (unpaired) electrons. The van der Waals surface area contributed by atoms with Gasteiger partial charge in [-0.05, 0) is 31.2 Å². The van der Waals surface area contributed by atoms with E-state index in [9.17, 15) is 14.4 Å². The van der Waals surface area contributed by atoms with Crippen molar-refractivity contribution in [3.8, 4) is 5.75 Å². The molecular weight excluding hydrogens is 296 g/mol. The fourth-order valence-corrected chi connectivity index (χ4v) is 1.92. The van der Waals surface area contributed by atoms with Gasteiger partial charge in [0.2, 0.25) is 0 Å². The average Bonchev–Trinajstić information content (AvgIpc) is 2.55. The molecule has 2 rings (SSSR count). The smallest absolute Gasteiger partial charge is 0.318 e. The Morgan fingerprint density at radius 3 is 2.09 bits per heavy atom. The summed E-state index contributed by atoms with van der Waals surface area (Å²) in [5.41, 5.74) is 5.97. The van der Waals surface area contributed by atoms with Gasteiger partial charge in [-0.1, -0.05) is 30.3 Å². The lowest BCUT2D eigenvalue weighted by atomic mass is 10.0. The second-order valence-electron chi connectivity index (χ2n) is 4.83. The first-order chi connectivity index (χ1) is 11.0. The number of imide groups is 1. The summed E-state index contributed by atoms with van der Waals surface area (Å²) in [6, 6.07) is 14.4. The van der Waals surface area contributed by atoms with Crippen molar-refractivity contribution in [2.45, 2.75) is 13.0 Å². The first-order valence-electron chi connectivity index (χ1n) is 6.94. The summed E-state index contributed by atoms with van der Waals surface area (Å²) in [5, 5.41) is 1.93. The molecule has 0 aromatic heterocycles. The molecule has 2 aromatic carbocycles. The van der Waals surface area contributed by atoms with Crippen molar-refractivity contribution in [3.63, 3.8) is 0 Å². The van der Waals surface area contributed by atoms with Crippen molar-refractivity contribution in [1.82, 2.24) is 5.32 Å². The van der Waals surface area contributed by atoms with Gasteiger partial charge < -0.3 is 10.5 Å². The second-order valence-corrected chi connectivity index (χ2v) is 4.83. The maximum atomic E-state index is 12.3. The molecule has 0 fully saturated rings. The number of ketones is 1. The third-order valence-corrected chi connectivity index (χ3v) is 3.08. The SMILES string of the molecule is C[C@H](Oc1ccc(C(=O)c2ccccc2)cc1)C(=O)NC(N)=O. The van der Waals surface area contributed by atoms with Gasteiger partial charge in [0.1, 0.15) is 5.75 Å². The van der Waals surface area contributed by atoms with Crippen LogP contribution in [0.5, 0.6) is 5.75 Å². The monoisotopic (exact) mass is 312 g/mol. The van der Waals surface area contributed by atoms with Gasteiger partial charge in [0.25, 0.3) is 5.91 Å². The van der Waals surface area contributed by atoms with Gasteiger partial charge in [-0.25, -0.2) is 4.79 Å². The van der Waals surface area contributed by atoms with Gasteiger partial charge in [0.15, 0.2) is 11.9 Å². The van der Waals surface area contributed by atoms with Crippen LogP contribution in [0.2, 0.25) is 0 Å². The van der Waals surface area contributed by atoms with E-state index in [1.165, 1.54) is 6.92 Å². The van der Waals surface area contributed by atoms with Crippen LogP contribution in [0.3, 0.4) is 0 Å². The van der Waals surface area contributed by atoms with E-state index in [0.717, 1.165) is 0 Å². The van der Waals surface area contributed by atoms with Crippen LogP contribution < -0.4 is 15.8 Å². The minimum Gasteiger partial charge on any atom is -0.481 e. The minimum absolute atomic E-state index is 0.100. The van der Waals surface area contributed by atoms with Gasteiger partial charge in [-0.3, -0.25) is 14.9 Å². The number of rotatable bonds is 5. The molecule has 3 amide bonds. The van der Waals surface area contributed by atoms with Crippen LogP contribution in [0, 0.1) is 0 Å². The van der Waals surface area contributed by atoms with E-state index in [4.69, 9.17) is 10.5 Å².